The Balaban J connectivity index is 1.27. The van der Waals surface area contributed by atoms with E-state index in [-0.39, 0.29) is 0 Å². The van der Waals surface area contributed by atoms with Gasteiger partial charge in [-0.3, -0.25) is 9.80 Å². The summed E-state index contributed by atoms with van der Waals surface area (Å²) in [5.41, 5.74) is 0. The van der Waals surface area contributed by atoms with Gasteiger partial charge in [0.05, 0.1) is 0 Å². The molecule has 4 fully saturated rings. The Morgan fingerprint density at radius 3 is 0.824 bits per heavy atom. The number of nitrogens with zero attached hydrogens (tertiary/aromatic N) is 2. The Bertz CT molecular complexity index is 445. The van der Waals surface area contributed by atoms with Gasteiger partial charge in [-0.15, -0.1) is 0 Å². The minimum Gasteiger partial charge on any atom is -0.299 e. The fourth-order valence-electron chi connectivity index (χ4n) is 7.83. The molecule has 0 aromatic heterocycles. The van der Waals surface area contributed by atoms with Gasteiger partial charge >= 0.3 is 0 Å². The highest BCUT2D eigenvalue weighted by Crippen LogP contribution is 2.29. The summed E-state index contributed by atoms with van der Waals surface area (Å²) in [4.78, 5) is 5.74. The largest absolute Gasteiger partial charge is 0.299 e. The zero-order valence-corrected chi connectivity index (χ0v) is 22.7. The van der Waals surface area contributed by atoms with Gasteiger partial charge < -0.3 is 0 Å². The second kappa shape index (κ2) is 15.7. The molecule has 0 amide bonds. The van der Waals surface area contributed by atoms with Crippen LogP contribution in [0.2, 0.25) is 0 Å². The first-order valence-corrected chi connectivity index (χ1v) is 15.9. The van der Waals surface area contributed by atoms with E-state index in [0.717, 1.165) is 23.7 Å². The van der Waals surface area contributed by atoms with Crippen molar-refractivity contribution >= 4 is 0 Å². The van der Waals surface area contributed by atoms with Gasteiger partial charge in [0.25, 0.3) is 0 Å². The lowest BCUT2D eigenvalue weighted by molar-refractivity contribution is 0.169. The van der Waals surface area contributed by atoms with E-state index in [1.54, 1.807) is 0 Å². The maximum absolute atomic E-state index is 2.87. The predicted octanol–water partition coefficient (Wildman–Crippen LogP) is 8.47. The van der Waals surface area contributed by atoms with Gasteiger partial charge in [-0.2, -0.15) is 0 Å². The van der Waals surface area contributed by atoms with E-state index in [2.05, 4.69) is 22.0 Å². The molecule has 0 saturated heterocycles. The van der Waals surface area contributed by atoms with Crippen LogP contribution in [0.3, 0.4) is 0 Å². The van der Waals surface area contributed by atoms with Crippen molar-refractivity contribution in [3.05, 3.63) is 12.2 Å². The quantitative estimate of drug-likeness (QED) is 0.264. The Kier molecular flexibility index (Phi) is 12.3. The van der Waals surface area contributed by atoms with Crippen LogP contribution in [0.1, 0.15) is 128 Å². The fraction of sp³-hybridized carbons (Fsp3) is 0.938. The molecule has 0 aliphatic heterocycles. The van der Waals surface area contributed by atoms with Gasteiger partial charge in [0.2, 0.25) is 0 Å². The van der Waals surface area contributed by atoms with Crippen LogP contribution in [0.5, 0.6) is 0 Å². The van der Waals surface area contributed by atoms with Crippen molar-refractivity contribution in [1.82, 2.24) is 9.80 Å². The third kappa shape index (κ3) is 9.96. The summed E-state index contributed by atoms with van der Waals surface area (Å²) in [7, 11) is 0. The number of hydrogen-bond acceptors (Lipinski definition) is 2. The molecular weight excluding hydrogens is 412 g/mol. The molecule has 0 unspecified atom stereocenters. The third-order valence-corrected chi connectivity index (χ3v) is 9.86. The molecule has 2 heteroatoms. The molecule has 0 spiro atoms. The van der Waals surface area contributed by atoms with Crippen molar-refractivity contribution in [2.75, 3.05) is 39.3 Å². The molecule has 196 valence electrons. The lowest BCUT2D eigenvalue weighted by Crippen LogP contribution is -2.36. The van der Waals surface area contributed by atoms with Crippen molar-refractivity contribution in [2.24, 2.45) is 23.7 Å². The summed E-state index contributed by atoms with van der Waals surface area (Å²) in [6, 6.07) is 0. The third-order valence-electron chi connectivity index (χ3n) is 9.86. The van der Waals surface area contributed by atoms with Crippen LogP contribution in [0, 0.1) is 23.7 Å². The van der Waals surface area contributed by atoms with Crippen molar-refractivity contribution in [2.45, 2.75) is 128 Å². The zero-order chi connectivity index (χ0) is 23.3. The summed E-state index contributed by atoms with van der Waals surface area (Å²) in [5, 5.41) is 0. The van der Waals surface area contributed by atoms with Crippen LogP contribution < -0.4 is 0 Å². The molecule has 0 radical (unpaired) electrons. The Morgan fingerprint density at radius 2 is 0.588 bits per heavy atom. The molecule has 0 N–H and O–H groups in total. The van der Waals surface area contributed by atoms with Crippen molar-refractivity contribution in [3.8, 4) is 0 Å². The Hall–Kier alpha value is -0.340. The van der Waals surface area contributed by atoms with E-state index in [4.69, 9.17) is 0 Å². The lowest BCUT2D eigenvalue weighted by Gasteiger charge is -2.34. The molecule has 34 heavy (non-hydrogen) atoms. The molecule has 4 aliphatic rings. The molecule has 2 nitrogen and oxygen atoms in total. The Morgan fingerprint density at radius 1 is 0.353 bits per heavy atom. The van der Waals surface area contributed by atoms with Gasteiger partial charge in [-0.25, -0.2) is 0 Å². The maximum atomic E-state index is 2.87. The second-order valence-corrected chi connectivity index (χ2v) is 12.9. The SMILES string of the molecule is C(=C\CN(CC1CCCCC1)CC1CCCCC1)/CN(CC1CCCCC1)CC1CCCCC1. The molecule has 4 saturated carbocycles. The monoisotopic (exact) mass is 470 g/mol. The normalized spacial score (nSPS) is 25.1. The minimum atomic E-state index is 0.972. The molecule has 4 aliphatic carbocycles. The van der Waals surface area contributed by atoms with Crippen LogP contribution in [0.25, 0.3) is 0 Å². The fourth-order valence-corrected chi connectivity index (χ4v) is 7.83. The van der Waals surface area contributed by atoms with Gasteiger partial charge in [0.1, 0.15) is 0 Å². The molecule has 4 rings (SSSR count). The van der Waals surface area contributed by atoms with E-state index in [0.29, 0.717) is 0 Å². The first kappa shape index (κ1) is 26.7. The van der Waals surface area contributed by atoms with Gasteiger partial charge in [-0.1, -0.05) is 89.2 Å². The average Bonchev–Trinajstić information content (AvgIpc) is 2.89. The number of hydrogen-bond donors (Lipinski definition) is 0. The summed E-state index contributed by atoms with van der Waals surface area (Å²) in [5.74, 6) is 3.89. The van der Waals surface area contributed by atoms with Crippen LogP contribution >= 0.6 is 0 Å². The lowest BCUT2D eigenvalue weighted by atomic mass is 9.86. The van der Waals surface area contributed by atoms with Gasteiger partial charge in [0, 0.05) is 39.3 Å². The molecule has 0 bridgehead atoms. The molecular formula is C32H58N2. The molecule has 0 aromatic rings. The van der Waals surface area contributed by atoms with Crippen molar-refractivity contribution in [3.63, 3.8) is 0 Å². The number of rotatable bonds is 12. The van der Waals surface area contributed by atoms with E-state index >= 15 is 0 Å². The Labute approximate surface area is 213 Å². The summed E-state index contributed by atoms with van der Waals surface area (Å²) < 4.78 is 0. The molecule has 0 atom stereocenters. The highest BCUT2D eigenvalue weighted by molar-refractivity contribution is 4.90. The van der Waals surface area contributed by atoms with Crippen molar-refractivity contribution < 1.29 is 0 Å². The summed E-state index contributed by atoms with van der Waals surface area (Å²) in [6.45, 7) is 7.88. The van der Waals surface area contributed by atoms with E-state index in [9.17, 15) is 0 Å². The standard InChI is InChI=1S/C32H58N2/c1-5-15-29(16-6-1)25-33(26-30-17-7-2-8-18-30)23-13-14-24-34(27-31-19-9-3-10-20-31)28-32-21-11-4-12-22-32/h13-14,29-32H,1-12,15-28H2/b14-13+. The van der Waals surface area contributed by atoms with Crippen LogP contribution in [0.15, 0.2) is 12.2 Å². The van der Waals surface area contributed by atoms with Crippen LogP contribution in [-0.2, 0) is 0 Å². The zero-order valence-electron chi connectivity index (χ0n) is 22.7. The summed E-state index contributed by atoms with van der Waals surface area (Å²) in [6.07, 6.45) is 34.8. The van der Waals surface area contributed by atoms with E-state index in [1.807, 2.05) is 0 Å². The maximum Gasteiger partial charge on any atom is 0.0163 e. The van der Waals surface area contributed by atoms with Gasteiger partial charge in [-0.05, 0) is 75.0 Å². The van der Waals surface area contributed by atoms with Crippen LogP contribution in [0.4, 0.5) is 0 Å². The first-order chi connectivity index (χ1) is 16.8. The predicted molar refractivity (Wildman–Crippen MR) is 148 cm³/mol. The average molecular weight is 471 g/mol. The van der Waals surface area contributed by atoms with Crippen LogP contribution in [-0.4, -0.2) is 49.1 Å². The summed E-state index contributed by atoms with van der Waals surface area (Å²) >= 11 is 0. The van der Waals surface area contributed by atoms with Crippen molar-refractivity contribution in [1.29, 1.82) is 0 Å². The van der Waals surface area contributed by atoms with Gasteiger partial charge in [0.15, 0.2) is 0 Å². The smallest absolute Gasteiger partial charge is 0.0163 e. The minimum absolute atomic E-state index is 0.972. The van der Waals surface area contributed by atoms with E-state index in [1.165, 1.54) is 168 Å². The first-order valence-electron chi connectivity index (χ1n) is 15.9. The second-order valence-electron chi connectivity index (χ2n) is 12.9. The van der Waals surface area contributed by atoms with E-state index < -0.39 is 0 Å². The molecule has 0 heterocycles. The molecule has 0 aromatic carbocycles. The highest BCUT2D eigenvalue weighted by atomic mass is 15.1. The highest BCUT2D eigenvalue weighted by Gasteiger charge is 2.22. The topological polar surface area (TPSA) is 6.48 Å².